The van der Waals surface area contributed by atoms with Gasteiger partial charge in [-0.2, -0.15) is 0 Å². The molecule has 0 atom stereocenters. The van der Waals surface area contributed by atoms with Gasteiger partial charge in [0, 0.05) is 0 Å². The van der Waals surface area contributed by atoms with Crippen LogP contribution in [0.1, 0.15) is 17.3 Å². The quantitative estimate of drug-likeness (QED) is 0.341. The Morgan fingerprint density at radius 1 is 0.885 bits per heavy atom. The van der Waals surface area contributed by atoms with Crippen LogP contribution in [0.5, 0.6) is 17.2 Å². The fourth-order valence-corrected chi connectivity index (χ4v) is 2.53. The summed E-state index contributed by atoms with van der Waals surface area (Å²) in [6.45, 7) is 6.60. The van der Waals surface area contributed by atoms with Crippen LogP contribution in [0.3, 0.4) is 0 Å². The first-order valence-corrected chi connectivity index (χ1v) is 8.42. The maximum absolute atomic E-state index is 12.4. The van der Waals surface area contributed by atoms with Gasteiger partial charge in [-0.05, 0) is 66.2 Å². The highest BCUT2D eigenvalue weighted by molar-refractivity contribution is 5.96. The van der Waals surface area contributed by atoms with Gasteiger partial charge in [-0.15, -0.1) is 0 Å². The summed E-state index contributed by atoms with van der Waals surface area (Å²) >= 11 is 0. The minimum Gasteiger partial charge on any atom is -0.494 e. The van der Waals surface area contributed by atoms with E-state index in [0.717, 1.165) is 22.3 Å². The number of hydrogen-bond acceptors (Lipinski definition) is 4. The van der Waals surface area contributed by atoms with E-state index in [0.29, 0.717) is 24.5 Å². The third-order valence-corrected chi connectivity index (χ3v) is 3.76. The predicted molar refractivity (Wildman–Crippen MR) is 102 cm³/mol. The lowest BCUT2D eigenvalue weighted by molar-refractivity contribution is 0.0735. The van der Waals surface area contributed by atoms with Crippen molar-refractivity contribution in [2.24, 2.45) is 0 Å². The first kappa shape index (κ1) is 17.5. The summed E-state index contributed by atoms with van der Waals surface area (Å²) in [5.41, 5.74) is 0.492. The monoisotopic (exact) mass is 348 g/mol. The summed E-state index contributed by atoms with van der Waals surface area (Å²) in [5, 5.41) is 1.93. The van der Waals surface area contributed by atoms with Crippen molar-refractivity contribution in [3.8, 4) is 17.2 Å². The second-order valence-corrected chi connectivity index (χ2v) is 5.62. The molecule has 0 fully saturated rings. The maximum Gasteiger partial charge on any atom is 0.343 e. The molecule has 0 aliphatic rings. The van der Waals surface area contributed by atoms with E-state index in [4.69, 9.17) is 14.2 Å². The van der Waals surface area contributed by atoms with Crippen molar-refractivity contribution in [1.82, 2.24) is 0 Å². The van der Waals surface area contributed by atoms with Crippen molar-refractivity contribution in [3.63, 3.8) is 0 Å². The summed E-state index contributed by atoms with van der Waals surface area (Å²) in [4.78, 5) is 12.4. The molecule has 0 aromatic heterocycles. The topological polar surface area (TPSA) is 44.8 Å². The summed E-state index contributed by atoms with van der Waals surface area (Å²) in [7, 11) is 0. The zero-order chi connectivity index (χ0) is 18.4. The van der Waals surface area contributed by atoms with Gasteiger partial charge in [-0.3, -0.25) is 0 Å². The van der Waals surface area contributed by atoms with Crippen LogP contribution in [0.15, 0.2) is 73.3 Å². The van der Waals surface area contributed by atoms with E-state index in [1.807, 2.05) is 37.3 Å². The second kappa shape index (κ2) is 8.21. The number of benzene rings is 3. The Hall–Kier alpha value is -3.27. The molecular weight excluding hydrogens is 328 g/mol. The largest absolute Gasteiger partial charge is 0.494 e. The standard InChI is InChI=1S/C22H20O4/c1-3-13-25-21-8-7-16-14-18(6-5-17(16)15-21)22(23)26-20-11-9-19(10-12-20)24-4-2/h3,5-12,14-15H,1,4,13H2,2H3. The van der Waals surface area contributed by atoms with Gasteiger partial charge in [0.05, 0.1) is 12.2 Å². The molecule has 0 spiro atoms. The predicted octanol–water partition coefficient (Wildman–Crippen LogP) is 5.02. The molecule has 0 aliphatic carbocycles. The third-order valence-electron chi connectivity index (χ3n) is 3.76. The van der Waals surface area contributed by atoms with Crippen molar-refractivity contribution in [2.75, 3.05) is 13.2 Å². The van der Waals surface area contributed by atoms with Gasteiger partial charge >= 0.3 is 5.97 Å². The van der Waals surface area contributed by atoms with Crippen LogP contribution in [-0.2, 0) is 0 Å². The van der Waals surface area contributed by atoms with Crippen LogP contribution in [0.2, 0.25) is 0 Å². The van der Waals surface area contributed by atoms with Gasteiger partial charge in [-0.25, -0.2) is 4.79 Å². The zero-order valence-electron chi connectivity index (χ0n) is 14.6. The van der Waals surface area contributed by atoms with E-state index in [2.05, 4.69) is 6.58 Å². The molecule has 3 aromatic rings. The molecule has 3 rings (SSSR count). The number of hydrogen-bond donors (Lipinski definition) is 0. The first-order valence-electron chi connectivity index (χ1n) is 8.42. The summed E-state index contributed by atoms with van der Waals surface area (Å²) < 4.78 is 16.3. The highest BCUT2D eigenvalue weighted by Gasteiger charge is 2.10. The molecule has 4 heteroatoms. The van der Waals surface area contributed by atoms with Gasteiger partial charge in [0.15, 0.2) is 0 Å². The normalized spacial score (nSPS) is 10.3. The minimum atomic E-state index is -0.400. The average Bonchev–Trinajstić information content (AvgIpc) is 2.67. The molecule has 4 nitrogen and oxygen atoms in total. The Balaban J connectivity index is 1.74. The van der Waals surface area contributed by atoms with Crippen LogP contribution >= 0.6 is 0 Å². The second-order valence-electron chi connectivity index (χ2n) is 5.62. The summed E-state index contributed by atoms with van der Waals surface area (Å²) in [6.07, 6.45) is 1.70. The number of rotatable bonds is 7. The third kappa shape index (κ3) is 4.22. The molecule has 0 saturated carbocycles. The van der Waals surface area contributed by atoms with E-state index in [1.165, 1.54) is 0 Å². The molecule has 26 heavy (non-hydrogen) atoms. The SMILES string of the molecule is C=CCOc1ccc2cc(C(=O)Oc3ccc(OCC)cc3)ccc2c1. The van der Waals surface area contributed by atoms with Crippen molar-refractivity contribution in [2.45, 2.75) is 6.92 Å². The number of esters is 1. The van der Waals surface area contributed by atoms with Crippen molar-refractivity contribution in [3.05, 3.63) is 78.9 Å². The van der Waals surface area contributed by atoms with Crippen LogP contribution in [0, 0.1) is 0 Å². The van der Waals surface area contributed by atoms with Gasteiger partial charge in [0.1, 0.15) is 23.9 Å². The zero-order valence-corrected chi connectivity index (χ0v) is 14.6. The lowest BCUT2D eigenvalue weighted by atomic mass is 10.1. The average molecular weight is 348 g/mol. The molecular formula is C22H20O4. The molecule has 0 heterocycles. The molecule has 0 aliphatic heterocycles. The van der Waals surface area contributed by atoms with Crippen molar-refractivity contribution >= 4 is 16.7 Å². The van der Waals surface area contributed by atoms with Gasteiger partial charge in [0.25, 0.3) is 0 Å². The molecule has 0 bridgehead atoms. The van der Waals surface area contributed by atoms with Gasteiger partial charge in [0.2, 0.25) is 0 Å². The van der Waals surface area contributed by atoms with E-state index in [1.54, 1.807) is 36.4 Å². The van der Waals surface area contributed by atoms with Crippen molar-refractivity contribution in [1.29, 1.82) is 0 Å². The Labute approximate surface area is 152 Å². The Kier molecular flexibility index (Phi) is 5.54. The fourth-order valence-electron chi connectivity index (χ4n) is 2.53. The number of carbonyl (C=O) groups excluding carboxylic acids is 1. The minimum absolute atomic E-state index is 0.400. The van der Waals surface area contributed by atoms with Crippen LogP contribution in [0.4, 0.5) is 0 Å². The first-order chi connectivity index (χ1) is 12.7. The van der Waals surface area contributed by atoms with E-state index >= 15 is 0 Å². The number of ether oxygens (including phenoxy) is 3. The lowest BCUT2D eigenvalue weighted by Crippen LogP contribution is -2.08. The van der Waals surface area contributed by atoms with Gasteiger partial charge in [-0.1, -0.05) is 24.8 Å². The van der Waals surface area contributed by atoms with Crippen molar-refractivity contribution < 1.29 is 19.0 Å². The molecule has 0 N–H and O–H groups in total. The Morgan fingerprint density at radius 3 is 2.27 bits per heavy atom. The highest BCUT2D eigenvalue weighted by atomic mass is 16.5. The molecule has 0 saturated heterocycles. The van der Waals surface area contributed by atoms with E-state index in [-0.39, 0.29) is 0 Å². The smallest absolute Gasteiger partial charge is 0.343 e. The summed E-state index contributed by atoms with van der Waals surface area (Å²) in [6, 6.07) is 18.1. The molecule has 0 unspecified atom stereocenters. The highest BCUT2D eigenvalue weighted by Crippen LogP contribution is 2.23. The molecule has 3 aromatic carbocycles. The van der Waals surface area contributed by atoms with Crippen LogP contribution in [-0.4, -0.2) is 19.2 Å². The van der Waals surface area contributed by atoms with Gasteiger partial charge < -0.3 is 14.2 Å². The number of fused-ring (bicyclic) bond motifs is 1. The van der Waals surface area contributed by atoms with Crippen LogP contribution in [0.25, 0.3) is 10.8 Å². The molecule has 132 valence electrons. The number of carbonyl (C=O) groups is 1. The Morgan fingerprint density at radius 2 is 1.54 bits per heavy atom. The Bertz CT molecular complexity index is 913. The maximum atomic E-state index is 12.4. The van der Waals surface area contributed by atoms with Crippen LogP contribution < -0.4 is 14.2 Å². The van der Waals surface area contributed by atoms with E-state index < -0.39 is 5.97 Å². The lowest BCUT2D eigenvalue weighted by Gasteiger charge is -2.08. The summed E-state index contributed by atoms with van der Waals surface area (Å²) in [5.74, 6) is 1.59. The molecule has 0 amide bonds. The molecule has 0 radical (unpaired) electrons. The van der Waals surface area contributed by atoms with E-state index in [9.17, 15) is 4.79 Å². The fraction of sp³-hybridized carbons (Fsp3) is 0.136.